The van der Waals surface area contributed by atoms with Crippen LogP contribution in [-0.4, -0.2) is 47.6 Å². The van der Waals surface area contributed by atoms with E-state index in [0.717, 1.165) is 18.4 Å². The highest BCUT2D eigenvalue weighted by molar-refractivity contribution is 5.81. The summed E-state index contributed by atoms with van der Waals surface area (Å²) in [6.45, 7) is 3.98. The number of amides is 1. The topological polar surface area (TPSA) is 90.8 Å². The second-order valence-corrected chi connectivity index (χ2v) is 6.99. The molecular weight excluding hydrogens is 344 g/mol. The summed E-state index contributed by atoms with van der Waals surface area (Å²) in [5, 5.41) is 21.6. The third kappa shape index (κ3) is 5.49. The van der Waals surface area contributed by atoms with Crippen LogP contribution in [0, 0.1) is 0 Å². The highest BCUT2D eigenvalue weighted by atomic mass is 16.5. The number of carbonyl (C=O) groups excluding carboxylic acids is 1. The molecule has 1 amide bonds. The van der Waals surface area contributed by atoms with Crippen LogP contribution < -0.4 is 10.8 Å². The molecule has 0 fully saturated rings. The van der Waals surface area contributed by atoms with E-state index in [-0.39, 0.29) is 0 Å². The average Bonchev–Trinajstić information content (AvgIpc) is 2.68. The quantitative estimate of drug-likeness (QED) is 0.393. The Hall–Kier alpha value is -1.99. The number of benzene rings is 1. The van der Waals surface area contributed by atoms with Crippen LogP contribution in [0.4, 0.5) is 0 Å². The number of aliphatic hydroxyl groups excluding tert-OH is 1. The monoisotopic (exact) mass is 374 g/mol. The Morgan fingerprint density at radius 3 is 2.74 bits per heavy atom. The molecule has 148 valence electrons. The predicted octanol–water partition coefficient (Wildman–Crippen LogP) is 2.21. The summed E-state index contributed by atoms with van der Waals surface area (Å²) in [4.78, 5) is 11.7. The lowest BCUT2D eigenvalue weighted by Crippen LogP contribution is -2.54. The Balaban J connectivity index is 2.08. The summed E-state index contributed by atoms with van der Waals surface area (Å²) in [6.07, 6.45) is 7.99. The molecule has 1 aliphatic rings. The molecule has 0 saturated carbocycles. The normalized spacial score (nSPS) is 21.4. The van der Waals surface area contributed by atoms with Crippen LogP contribution in [0.3, 0.4) is 0 Å². The number of hydrogen-bond donors (Lipinski definition) is 4. The molecular formula is C21H30N2O4. The Kier molecular flexibility index (Phi) is 7.74. The van der Waals surface area contributed by atoms with Crippen LogP contribution in [0.2, 0.25) is 0 Å². The molecule has 1 aromatic rings. The first-order valence-corrected chi connectivity index (χ1v) is 9.34. The van der Waals surface area contributed by atoms with Crippen molar-refractivity contribution in [3.05, 3.63) is 53.6 Å². The molecule has 4 N–H and O–H groups in total. The molecule has 6 nitrogen and oxygen atoms in total. The number of hydroxylamine groups is 1. The molecule has 0 radical (unpaired) electrons. The van der Waals surface area contributed by atoms with Crippen molar-refractivity contribution in [2.45, 2.75) is 50.9 Å². The summed E-state index contributed by atoms with van der Waals surface area (Å²) < 4.78 is 5.70. The minimum Gasteiger partial charge on any atom is -0.391 e. The van der Waals surface area contributed by atoms with E-state index in [2.05, 4.69) is 42.6 Å². The van der Waals surface area contributed by atoms with Crippen molar-refractivity contribution in [1.82, 2.24) is 10.8 Å². The molecule has 1 aliphatic carbocycles. The zero-order valence-electron chi connectivity index (χ0n) is 16.2. The van der Waals surface area contributed by atoms with Crippen LogP contribution in [0.5, 0.6) is 0 Å². The highest BCUT2D eigenvalue weighted by Gasteiger charge is 2.32. The number of rotatable bonds is 9. The number of carbonyl (C=O) groups is 1. The fraction of sp³-hybridized carbons (Fsp3) is 0.476. The van der Waals surface area contributed by atoms with Crippen LogP contribution in [0.1, 0.15) is 37.8 Å². The van der Waals surface area contributed by atoms with Crippen LogP contribution in [-0.2, 0) is 16.0 Å². The van der Waals surface area contributed by atoms with E-state index < -0.39 is 23.7 Å². The zero-order chi connectivity index (χ0) is 19.9. The fourth-order valence-electron chi connectivity index (χ4n) is 3.26. The first-order valence-electron chi connectivity index (χ1n) is 9.34. The van der Waals surface area contributed by atoms with E-state index in [1.807, 2.05) is 12.2 Å². The van der Waals surface area contributed by atoms with Gasteiger partial charge in [-0.3, -0.25) is 10.0 Å². The second kappa shape index (κ2) is 9.80. The fourth-order valence-corrected chi connectivity index (χ4v) is 3.26. The third-order valence-corrected chi connectivity index (χ3v) is 4.94. The van der Waals surface area contributed by atoms with E-state index in [1.165, 1.54) is 18.1 Å². The first-order chi connectivity index (χ1) is 12.9. The lowest BCUT2D eigenvalue weighted by molar-refractivity contribution is -0.134. The molecule has 0 heterocycles. The number of ether oxygens (including phenoxy) is 1. The highest BCUT2D eigenvalue weighted by Crippen LogP contribution is 2.29. The minimum absolute atomic E-state index is 0.322. The van der Waals surface area contributed by atoms with E-state index in [4.69, 9.17) is 9.94 Å². The van der Waals surface area contributed by atoms with Crippen LogP contribution in [0.25, 0.3) is 5.57 Å². The third-order valence-electron chi connectivity index (χ3n) is 4.94. The number of aliphatic hydroxyl groups is 1. The maximum Gasteiger partial charge on any atom is 0.263 e. The number of allylic oxidation sites excluding steroid dienone is 2. The molecule has 27 heavy (non-hydrogen) atoms. The zero-order valence-corrected chi connectivity index (χ0v) is 16.2. The number of hydrogen-bond acceptors (Lipinski definition) is 5. The van der Waals surface area contributed by atoms with E-state index in [0.29, 0.717) is 13.0 Å². The Bertz CT molecular complexity index is 699. The molecule has 2 rings (SSSR count). The number of nitrogens with one attached hydrogen (secondary N) is 2. The van der Waals surface area contributed by atoms with E-state index in [1.54, 1.807) is 12.6 Å². The van der Waals surface area contributed by atoms with Crippen LogP contribution in [0.15, 0.2) is 42.5 Å². The standard InChI is InChI=1S/C21H30N2O4/c1-4-6-16-7-5-8-18(13-16)17-9-11-21(27-3,12-10-17)14-22-19(15(2)24)20(25)23-26/h5,7-11,13,15,19,22,24,26H,4,6,12,14H2,1-3H3,(H,23,25)/t15-,19+,21?/m1/s1. The van der Waals surface area contributed by atoms with Gasteiger partial charge in [0.15, 0.2) is 0 Å². The van der Waals surface area contributed by atoms with Gasteiger partial charge in [0.05, 0.1) is 6.10 Å². The van der Waals surface area contributed by atoms with Crippen molar-refractivity contribution >= 4 is 11.5 Å². The van der Waals surface area contributed by atoms with Gasteiger partial charge in [-0.05, 0) is 30.0 Å². The van der Waals surface area contributed by atoms with Crippen LogP contribution >= 0.6 is 0 Å². The second-order valence-electron chi connectivity index (χ2n) is 6.99. The van der Waals surface area contributed by atoms with Crippen molar-refractivity contribution < 1.29 is 19.8 Å². The lowest BCUT2D eigenvalue weighted by atomic mass is 9.88. The van der Waals surface area contributed by atoms with Gasteiger partial charge in [0, 0.05) is 20.1 Å². The predicted molar refractivity (Wildman–Crippen MR) is 105 cm³/mol. The summed E-state index contributed by atoms with van der Waals surface area (Å²) in [5.41, 5.74) is 4.60. The number of aryl methyl sites for hydroxylation is 1. The Morgan fingerprint density at radius 2 is 2.19 bits per heavy atom. The van der Waals surface area contributed by atoms with Gasteiger partial charge in [-0.1, -0.05) is 55.8 Å². The lowest BCUT2D eigenvalue weighted by Gasteiger charge is -2.33. The molecule has 1 unspecified atom stereocenters. The van der Waals surface area contributed by atoms with Gasteiger partial charge in [-0.15, -0.1) is 0 Å². The smallest absolute Gasteiger partial charge is 0.263 e. The average molecular weight is 374 g/mol. The maximum absolute atomic E-state index is 11.7. The largest absolute Gasteiger partial charge is 0.391 e. The molecule has 3 atom stereocenters. The van der Waals surface area contributed by atoms with Crippen molar-refractivity contribution in [2.75, 3.05) is 13.7 Å². The number of methoxy groups -OCH3 is 1. The van der Waals surface area contributed by atoms with Gasteiger partial charge in [-0.25, -0.2) is 5.48 Å². The first kappa shape index (κ1) is 21.3. The molecule has 0 aliphatic heterocycles. The Morgan fingerprint density at radius 1 is 1.41 bits per heavy atom. The molecule has 0 saturated heterocycles. The van der Waals surface area contributed by atoms with Crippen molar-refractivity contribution in [1.29, 1.82) is 0 Å². The molecule has 0 spiro atoms. The SMILES string of the molecule is CCCc1cccc(C2=CCC(CN[C@H](C(=O)NO)[C@@H](C)O)(OC)C=C2)c1. The Labute approximate surface area is 160 Å². The molecule has 0 bridgehead atoms. The van der Waals surface area contributed by atoms with E-state index >= 15 is 0 Å². The summed E-state index contributed by atoms with van der Waals surface area (Å²) in [5.74, 6) is -0.681. The van der Waals surface area contributed by atoms with Gasteiger partial charge >= 0.3 is 0 Å². The summed E-state index contributed by atoms with van der Waals surface area (Å²) >= 11 is 0. The van der Waals surface area contributed by atoms with Gasteiger partial charge in [-0.2, -0.15) is 0 Å². The van der Waals surface area contributed by atoms with Gasteiger partial charge in [0.1, 0.15) is 11.6 Å². The molecule has 1 aromatic carbocycles. The summed E-state index contributed by atoms with van der Waals surface area (Å²) in [6, 6.07) is 7.61. The van der Waals surface area contributed by atoms with E-state index in [9.17, 15) is 9.90 Å². The van der Waals surface area contributed by atoms with Crippen molar-refractivity contribution in [2.24, 2.45) is 0 Å². The summed E-state index contributed by atoms with van der Waals surface area (Å²) in [7, 11) is 1.62. The van der Waals surface area contributed by atoms with Gasteiger partial charge in [0.25, 0.3) is 5.91 Å². The van der Waals surface area contributed by atoms with Gasteiger partial charge in [0.2, 0.25) is 0 Å². The van der Waals surface area contributed by atoms with Gasteiger partial charge < -0.3 is 15.2 Å². The minimum atomic E-state index is -0.953. The molecule has 0 aromatic heterocycles. The molecule has 6 heteroatoms. The maximum atomic E-state index is 11.7. The van der Waals surface area contributed by atoms with Crippen molar-refractivity contribution in [3.8, 4) is 0 Å². The van der Waals surface area contributed by atoms with Crippen molar-refractivity contribution in [3.63, 3.8) is 0 Å².